The average molecular weight is 430 g/mol. The number of carbonyl (C=O) groups is 2. The van der Waals surface area contributed by atoms with Crippen molar-refractivity contribution in [1.82, 2.24) is 4.90 Å². The van der Waals surface area contributed by atoms with E-state index in [4.69, 9.17) is 4.74 Å². The summed E-state index contributed by atoms with van der Waals surface area (Å²) in [7, 11) is 0. The van der Waals surface area contributed by atoms with Gasteiger partial charge in [-0.25, -0.2) is 4.90 Å². The number of halogens is 3. The zero-order valence-corrected chi connectivity index (χ0v) is 17.0. The summed E-state index contributed by atoms with van der Waals surface area (Å²) >= 11 is 0. The molecule has 8 heteroatoms. The van der Waals surface area contributed by atoms with Crippen LogP contribution in [0.3, 0.4) is 0 Å². The van der Waals surface area contributed by atoms with Crippen LogP contribution >= 0.6 is 0 Å². The van der Waals surface area contributed by atoms with E-state index in [1.54, 1.807) is 35.2 Å². The normalized spacial score (nSPS) is 22.5. The molecule has 0 spiro atoms. The standard InChI is InChI=1S/C23H21F3N2O3/c1-14-12-27(13-15(2)31-14)20-19(16-7-4-3-5-8-16)21(29)28(22(20)30)18-10-6-9-17(11-18)23(24,25)26/h3-11,14-15H,12-13H2,1-2H3. The zero-order valence-electron chi connectivity index (χ0n) is 17.0. The van der Waals surface area contributed by atoms with E-state index in [9.17, 15) is 22.8 Å². The molecule has 2 aliphatic rings. The molecule has 0 radical (unpaired) electrons. The molecule has 162 valence electrons. The second-order valence-electron chi connectivity index (χ2n) is 7.75. The summed E-state index contributed by atoms with van der Waals surface area (Å²) in [6.45, 7) is 4.53. The van der Waals surface area contributed by atoms with Gasteiger partial charge in [-0.1, -0.05) is 36.4 Å². The van der Waals surface area contributed by atoms with Gasteiger partial charge in [0.1, 0.15) is 5.70 Å². The van der Waals surface area contributed by atoms with Gasteiger partial charge in [-0.15, -0.1) is 0 Å². The van der Waals surface area contributed by atoms with Crippen LogP contribution in [0.15, 0.2) is 60.3 Å². The van der Waals surface area contributed by atoms with E-state index < -0.39 is 23.6 Å². The summed E-state index contributed by atoms with van der Waals surface area (Å²) in [5.74, 6) is -1.28. The summed E-state index contributed by atoms with van der Waals surface area (Å²) in [5, 5.41) is 0. The second kappa shape index (κ2) is 7.85. The number of nitrogens with zero attached hydrogens (tertiary/aromatic N) is 2. The van der Waals surface area contributed by atoms with Gasteiger partial charge in [0.15, 0.2) is 0 Å². The molecule has 2 aromatic carbocycles. The zero-order chi connectivity index (χ0) is 22.3. The molecule has 4 rings (SSSR count). The van der Waals surface area contributed by atoms with Crippen molar-refractivity contribution in [2.45, 2.75) is 32.2 Å². The van der Waals surface area contributed by atoms with Crippen molar-refractivity contribution in [2.75, 3.05) is 18.0 Å². The summed E-state index contributed by atoms with van der Waals surface area (Å²) in [5.41, 5.74) is -0.117. The molecule has 0 N–H and O–H groups in total. The third kappa shape index (κ3) is 3.95. The lowest BCUT2D eigenvalue weighted by molar-refractivity contribution is -0.137. The lowest BCUT2D eigenvalue weighted by Crippen LogP contribution is -2.47. The fourth-order valence-corrected chi connectivity index (χ4v) is 4.09. The molecule has 2 heterocycles. The van der Waals surface area contributed by atoms with Gasteiger partial charge >= 0.3 is 6.18 Å². The Morgan fingerprint density at radius 3 is 2.16 bits per heavy atom. The highest BCUT2D eigenvalue weighted by molar-refractivity contribution is 6.45. The molecule has 31 heavy (non-hydrogen) atoms. The molecule has 2 aromatic rings. The van der Waals surface area contributed by atoms with Crippen molar-refractivity contribution < 1.29 is 27.5 Å². The average Bonchev–Trinajstić information content (AvgIpc) is 2.97. The van der Waals surface area contributed by atoms with Crippen LogP contribution in [-0.2, 0) is 20.5 Å². The number of ether oxygens (including phenoxy) is 1. The Morgan fingerprint density at radius 1 is 0.903 bits per heavy atom. The number of hydrogen-bond donors (Lipinski definition) is 0. The molecule has 5 nitrogen and oxygen atoms in total. The molecule has 2 aliphatic heterocycles. The van der Waals surface area contributed by atoms with Crippen LogP contribution < -0.4 is 4.90 Å². The predicted molar refractivity (Wildman–Crippen MR) is 109 cm³/mol. The topological polar surface area (TPSA) is 49.9 Å². The first-order valence-corrected chi connectivity index (χ1v) is 9.93. The minimum Gasteiger partial charge on any atom is -0.372 e. The van der Waals surface area contributed by atoms with Gasteiger partial charge in [-0.3, -0.25) is 9.59 Å². The van der Waals surface area contributed by atoms with Gasteiger partial charge in [0.05, 0.1) is 29.0 Å². The summed E-state index contributed by atoms with van der Waals surface area (Å²) in [6, 6.07) is 13.0. The SMILES string of the molecule is CC1CN(C2=C(c3ccccc3)C(=O)N(c3cccc(C(F)(F)F)c3)C2=O)CC(C)O1. The molecule has 2 amide bonds. The number of amides is 2. The maximum absolute atomic E-state index is 13.5. The van der Waals surface area contributed by atoms with E-state index in [0.29, 0.717) is 18.7 Å². The molecule has 1 saturated heterocycles. The van der Waals surface area contributed by atoms with E-state index in [1.807, 2.05) is 13.8 Å². The van der Waals surface area contributed by atoms with Gasteiger partial charge in [-0.05, 0) is 37.6 Å². The Kier molecular flexibility index (Phi) is 5.35. The van der Waals surface area contributed by atoms with E-state index in [-0.39, 0.29) is 29.2 Å². The first kappa shape index (κ1) is 21.1. The maximum Gasteiger partial charge on any atom is 0.416 e. The fraction of sp³-hybridized carbons (Fsp3) is 0.304. The molecule has 0 aliphatic carbocycles. The Bertz CT molecular complexity index is 1040. The van der Waals surface area contributed by atoms with Crippen LogP contribution in [0.2, 0.25) is 0 Å². The number of benzene rings is 2. The number of alkyl halides is 3. The van der Waals surface area contributed by atoms with Crippen molar-refractivity contribution in [2.24, 2.45) is 0 Å². The number of anilines is 1. The third-order valence-corrected chi connectivity index (χ3v) is 5.29. The number of carbonyl (C=O) groups excluding carboxylic acids is 2. The van der Waals surface area contributed by atoms with Crippen molar-refractivity contribution >= 4 is 23.1 Å². The molecule has 0 aromatic heterocycles. The van der Waals surface area contributed by atoms with E-state index in [2.05, 4.69) is 0 Å². The minimum atomic E-state index is -4.59. The highest BCUT2D eigenvalue weighted by Gasteiger charge is 2.44. The quantitative estimate of drug-likeness (QED) is 0.688. The molecular formula is C23H21F3N2O3. The lowest BCUT2D eigenvalue weighted by atomic mass is 10.0. The Hall–Kier alpha value is -3.13. The molecule has 2 unspecified atom stereocenters. The largest absolute Gasteiger partial charge is 0.416 e. The molecular weight excluding hydrogens is 409 g/mol. The molecule has 0 saturated carbocycles. The van der Waals surface area contributed by atoms with Crippen LogP contribution in [-0.4, -0.2) is 42.0 Å². The predicted octanol–water partition coefficient (Wildman–Crippen LogP) is 4.10. The number of morpholine rings is 1. The van der Waals surface area contributed by atoms with E-state index >= 15 is 0 Å². The van der Waals surface area contributed by atoms with Crippen LogP contribution in [0.25, 0.3) is 5.57 Å². The van der Waals surface area contributed by atoms with E-state index in [0.717, 1.165) is 17.0 Å². The number of rotatable bonds is 3. The number of imide groups is 1. The molecule has 1 fully saturated rings. The second-order valence-corrected chi connectivity index (χ2v) is 7.75. The van der Waals surface area contributed by atoms with Crippen molar-refractivity contribution in [3.05, 3.63) is 71.4 Å². The maximum atomic E-state index is 13.5. The first-order chi connectivity index (χ1) is 14.7. The van der Waals surface area contributed by atoms with Gasteiger partial charge < -0.3 is 9.64 Å². The van der Waals surface area contributed by atoms with Crippen molar-refractivity contribution in [3.8, 4) is 0 Å². The van der Waals surface area contributed by atoms with Gasteiger partial charge in [0.2, 0.25) is 0 Å². The number of hydrogen-bond acceptors (Lipinski definition) is 4. The first-order valence-electron chi connectivity index (χ1n) is 9.93. The third-order valence-electron chi connectivity index (χ3n) is 5.29. The van der Waals surface area contributed by atoms with E-state index in [1.165, 1.54) is 12.1 Å². The molecule has 0 bridgehead atoms. The molecule has 2 atom stereocenters. The van der Waals surface area contributed by atoms with Crippen LogP contribution in [0.4, 0.5) is 18.9 Å². The monoisotopic (exact) mass is 430 g/mol. The van der Waals surface area contributed by atoms with Crippen LogP contribution in [0, 0.1) is 0 Å². The van der Waals surface area contributed by atoms with Gasteiger partial charge in [-0.2, -0.15) is 13.2 Å². The van der Waals surface area contributed by atoms with Crippen LogP contribution in [0.1, 0.15) is 25.0 Å². The fourth-order valence-electron chi connectivity index (χ4n) is 4.09. The highest BCUT2D eigenvalue weighted by Crippen LogP contribution is 2.38. The summed E-state index contributed by atoms with van der Waals surface area (Å²) < 4.78 is 45.4. The summed E-state index contributed by atoms with van der Waals surface area (Å²) in [6.07, 6.45) is -4.92. The smallest absolute Gasteiger partial charge is 0.372 e. The van der Waals surface area contributed by atoms with Crippen LogP contribution in [0.5, 0.6) is 0 Å². The Labute approximate surface area is 177 Å². The van der Waals surface area contributed by atoms with Gasteiger partial charge in [0, 0.05) is 13.1 Å². The Morgan fingerprint density at radius 2 is 1.55 bits per heavy atom. The minimum absolute atomic E-state index is 0.109. The summed E-state index contributed by atoms with van der Waals surface area (Å²) in [4.78, 5) is 29.5. The van der Waals surface area contributed by atoms with Crippen molar-refractivity contribution in [3.63, 3.8) is 0 Å². The Balaban J connectivity index is 1.82. The van der Waals surface area contributed by atoms with Crippen molar-refractivity contribution in [1.29, 1.82) is 0 Å². The van der Waals surface area contributed by atoms with Gasteiger partial charge in [0.25, 0.3) is 11.8 Å². The lowest BCUT2D eigenvalue weighted by Gasteiger charge is -2.37. The highest BCUT2D eigenvalue weighted by atomic mass is 19.4.